The van der Waals surface area contributed by atoms with Crippen LogP contribution in [0.25, 0.3) is 0 Å². The molecule has 3 heteroatoms. The third kappa shape index (κ3) is 3.98. The molecule has 0 bridgehead atoms. The Labute approximate surface area is 113 Å². The molecule has 2 nitrogen and oxygen atoms in total. The van der Waals surface area contributed by atoms with E-state index in [4.69, 9.17) is 10.5 Å². The molecule has 0 aliphatic heterocycles. The molecule has 0 amide bonds. The Morgan fingerprint density at radius 1 is 1.11 bits per heavy atom. The van der Waals surface area contributed by atoms with Gasteiger partial charge in [-0.2, -0.15) is 0 Å². The number of hydrogen-bond acceptors (Lipinski definition) is 2. The topological polar surface area (TPSA) is 35.2 Å². The molecule has 0 spiro atoms. The van der Waals surface area contributed by atoms with Gasteiger partial charge in [-0.3, -0.25) is 0 Å². The lowest BCUT2D eigenvalue weighted by molar-refractivity contribution is 0.309. The second-order valence-corrected chi connectivity index (χ2v) is 4.60. The van der Waals surface area contributed by atoms with Crippen molar-refractivity contribution in [2.45, 2.75) is 19.8 Å². The first-order chi connectivity index (χ1) is 9.15. The highest BCUT2D eigenvalue weighted by molar-refractivity contribution is 5.39. The number of benzene rings is 2. The summed E-state index contributed by atoms with van der Waals surface area (Å²) in [5, 5.41) is 0. The van der Waals surface area contributed by atoms with Crippen LogP contribution in [0.15, 0.2) is 42.5 Å². The predicted molar refractivity (Wildman–Crippen MR) is 75.8 cm³/mol. The summed E-state index contributed by atoms with van der Waals surface area (Å²) in [7, 11) is 0. The minimum absolute atomic E-state index is 0.226. The van der Waals surface area contributed by atoms with Crippen LogP contribution in [-0.4, -0.2) is 6.61 Å². The fourth-order valence-corrected chi connectivity index (χ4v) is 1.81. The maximum atomic E-state index is 13.3. The van der Waals surface area contributed by atoms with Gasteiger partial charge in [0.1, 0.15) is 11.6 Å². The van der Waals surface area contributed by atoms with Crippen LogP contribution in [0.4, 0.5) is 10.1 Å². The lowest BCUT2D eigenvalue weighted by Crippen LogP contribution is -2.00. The Balaban J connectivity index is 1.77. The van der Waals surface area contributed by atoms with Crippen molar-refractivity contribution in [3.05, 3.63) is 59.4 Å². The van der Waals surface area contributed by atoms with Crippen molar-refractivity contribution in [2.75, 3.05) is 12.3 Å². The van der Waals surface area contributed by atoms with Crippen molar-refractivity contribution >= 4 is 5.69 Å². The van der Waals surface area contributed by atoms with Gasteiger partial charge < -0.3 is 10.5 Å². The predicted octanol–water partition coefficient (Wildman–Crippen LogP) is 3.73. The Morgan fingerprint density at radius 2 is 1.84 bits per heavy atom. The highest BCUT2D eigenvalue weighted by Gasteiger charge is 2.00. The van der Waals surface area contributed by atoms with Gasteiger partial charge in [0, 0.05) is 11.8 Å². The van der Waals surface area contributed by atoms with Gasteiger partial charge in [0.25, 0.3) is 0 Å². The molecule has 0 radical (unpaired) electrons. The number of halogens is 1. The Bertz CT molecular complexity index is 537. The minimum Gasteiger partial charge on any atom is -0.493 e. The molecule has 0 saturated carbocycles. The van der Waals surface area contributed by atoms with Crippen molar-refractivity contribution in [1.29, 1.82) is 0 Å². The number of hydrogen-bond donors (Lipinski definition) is 1. The number of ether oxygens (including phenoxy) is 1. The van der Waals surface area contributed by atoms with E-state index in [1.807, 2.05) is 24.3 Å². The van der Waals surface area contributed by atoms with Gasteiger partial charge in [-0.05, 0) is 49.1 Å². The van der Waals surface area contributed by atoms with Gasteiger partial charge in [-0.25, -0.2) is 4.39 Å². The zero-order valence-corrected chi connectivity index (χ0v) is 11.0. The van der Waals surface area contributed by atoms with Crippen LogP contribution >= 0.6 is 0 Å². The van der Waals surface area contributed by atoms with E-state index in [0.717, 1.165) is 18.5 Å². The van der Waals surface area contributed by atoms with Gasteiger partial charge in [-0.1, -0.05) is 18.2 Å². The zero-order valence-electron chi connectivity index (χ0n) is 11.0. The van der Waals surface area contributed by atoms with Crippen molar-refractivity contribution < 1.29 is 9.13 Å². The molecule has 0 saturated heterocycles. The average molecular weight is 259 g/mol. The van der Waals surface area contributed by atoms with E-state index >= 15 is 0 Å². The van der Waals surface area contributed by atoms with Crippen LogP contribution in [0, 0.1) is 12.7 Å². The summed E-state index contributed by atoms with van der Waals surface area (Å²) >= 11 is 0. The van der Waals surface area contributed by atoms with E-state index in [-0.39, 0.29) is 5.82 Å². The number of aryl methyl sites for hydroxylation is 2. The monoisotopic (exact) mass is 259 g/mol. The molecule has 0 heterocycles. The van der Waals surface area contributed by atoms with E-state index < -0.39 is 0 Å². The van der Waals surface area contributed by atoms with E-state index in [2.05, 4.69) is 0 Å². The van der Waals surface area contributed by atoms with E-state index in [0.29, 0.717) is 17.9 Å². The van der Waals surface area contributed by atoms with Crippen LogP contribution < -0.4 is 10.5 Å². The summed E-state index contributed by atoms with van der Waals surface area (Å²) in [6.45, 7) is 2.31. The molecule has 0 atom stereocenters. The van der Waals surface area contributed by atoms with E-state index in [1.54, 1.807) is 19.1 Å². The molecule has 100 valence electrons. The summed E-state index contributed by atoms with van der Waals surface area (Å²) in [4.78, 5) is 0. The Morgan fingerprint density at radius 3 is 2.53 bits per heavy atom. The molecule has 0 fully saturated rings. The highest BCUT2D eigenvalue weighted by atomic mass is 19.1. The fraction of sp³-hybridized carbons (Fsp3) is 0.250. The first-order valence-corrected chi connectivity index (χ1v) is 6.38. The van der Waals surface area contributed by atoms with Crippen molar-refractivity contribution in [3.8, 4) is 5.75 Å². The molecule has 2 rings (SSSR count). The van der Waals surface area contributed by atoms with Crippen LogP contribution in [0.3, 0.4) is 0 Å². The lowest BCUT2D eigenvalue weighted by Gasteiger charge is -2.07. The molecule has 0 aliphatic carbocycles. The van der Waals surface area contributed by atoms with E-state index in [1.165, 1.54) is 11.6 Å². The maximum Gasteiger partial charge on any atom is 0.129 e. The average Bonchev–Trinajstić information content (AvgIpc) is 2.41. The largest absolute Gasteiger partial charge is 0.493 e. The lowest BCUT2D eigenvalue weighted by atomic mass is 10.1. The molecule has 2 N–H and O–H groups in total. The van der Waals surface area contributed by atoms with E-state index in [9.17, 15) is 4.39 Å². The molecule has 2 aromatic rings. The van der Waals surface area contributed by atoms with Crippen LogP contribution in [0.5, 0.6) is 5.75 Å². The zero-order chi connectivity index (χ0) is 13.7. The SMILES string of the molecule is Cc1ccc(OCCCc2ccc(N)cc2)cc1F. The maximum absolute atomic E-state index is 13.3. The molecule has 0 aliphatic rings. The van der Waals surface area contributed by atoms with Crippen LogP contribution in [-0.2, 0) is 6.42 Å². The van der Waals surface area contributed by atoms with Crippen LogP contribution in [0.2, 0.25) is 0 Å². The second-order valence-electron chi connectivity index (χ2n) is 4.60. The number of nitrogens with two attached hydrogens (primary N) is 1. The third-order valence-corrected chi connectivity index (χ3v) is 3.00. The third-order valence-electron chi connectivity index (χ3n) is 3.00. The highest BCUT2D eigenvalue weighted by Crippen LogP contribution is 2.16. The normalized spacial score (nSPS) is 10.4. The summed E-state index contributed by atoms with van der Waals surface area (Å²) in [5.74, 6) is 0.358. The number of anilines is 1. The quantitative estimate of drug-likeness (QED) is 0.656. The molecule has 0 unspecified atom stereocenters. The Kier molecular flexibility index (Phi) is 4.39. The standard InChI is InChI=1S/C16H18FNO/c1-12-4-9-15(11-16(12)17)19-10-2-3-13-5-7-14(18)8-6-13/h4-9,11H,2-3,10,18H2,1H3. The number of rotatable bonds is 5. The minimum atomic E-state index is -0.226. The number of nitrogen functional groups attached to an aromatic ring is 1. The van der Waals surface area contributed by atoms with Gasteiger partial charge >= 0.3 is 0 Å². The summed E-state index contributed by atoms with van der Waals surface area (Å²) in [6, 6.07) is 12.8. The fourth-order valence-electron chi connectivity index (χ4n) is 1.81. The van der Waals surface area contributed by atoms with Gasteiger partial charge in [0.15, 0.2) is 0 Å². The summed E-state index contributed by atoms with van der Waals surface area (Å²) < 4.78 is 18.8. The molecule has 2 aromatic carbocycles. The van der Waals surface area contributed by atoms with Crippen molar-refractivity contribution in [1.82, 2.24) is 0 Å². The smallest absolute Gasteiger partial charge is 0.129 e. The Hall–Kier alpha value is -2.03. The summed E-state index contributed by atoms with van der Waals surface area (Å²) in [5.41, 5.74) is 8.26. The molecule has 19 heavy (non-hydrogen) atoms. The molecular weight excluding hydrogens is 241 g/mol. The second kappa shape index (κ2) is 6.23. The van der Waals surface area contributed by atoms with Crippen molar-refractivity contribution in [2.24, 2.45) is 0 Å². The summed E-state index contributed by atoms with van der Waals surface area (Å²) in [6.07, 6.45) is 1.81. The van der Waals surface area contributed by atoms with Crippen molar-refractivity contribution in [3.63, 3.8) is 0 Å². The molecule has 0 aromatic heterocycles. The van der Waals surface area contributed by atoms with Gasteiger partial charge in [-0.15, -0.1) is 0 Å². The first-order valence-electron chi connectivity index (χ1n) is 6.38. The molecular formula is C16H18FNO. The van der Waals surface area contributed by atoms with Gasteiger partial charge in [0.2, 0.25) is 0 Å². The first kappa shape index (κ1) is 13.4. The van der Waals surface area contributed by atoms with Gasteiger partial charge in [0.05, 0.1) is 6.61 Å². The van der Waals surface area contributed by atoms with Crippen LogP contribution in [0.1, 0.15) is 17.5 Å².